The molecule has 0 aliphatic carbocycles. The van der Waals surface area contributed by atoms with Crippen molar-refractivity contribution < 1.29 is 27.2 Å². The standard InChI is InChI=1S/C20H19ClF4N6O2/c1-3-30-13(7-8-26-30)20(33)28-12-6-4-5-11(9-12)27-19(32)10(2)31-16(18(24)25)14(21)15(29-31)17(22)23/h4-10,17-18H,3H2,1-2H3,(H,27,32)(H,28,33). The number of rotatable bonds is 8. The molecule has 3 aromatic rings. The molecule has 176 valence electrons. The van der Waals surface area contributed by atoms with Crippen LogP contribution in [0, 0.1) is 0 Å². The van der Waals surface area contributed by atoms with Crippen LogP contribution in [-0.2, 0) is 11.3 Å². The number of nitrogens with one attached hydrogen (secondary N) is 2. The maximum Gasteiger partial charge on any atom is 0.283 e. The van der Waals surface area contributed by atoms with Gasteiger partial charge in [0.1, 0.15) is 23.1 Å². The first-order valence-corrected chi connectivity index (χ1v) is 10.1. The molecule has 2 N–H and O–H groups in total. The molecule has 0 saturated carbocycles. The molecule has 1 unspecified atom stereocenters. The molecule has 2 aromatic heterocycles. The summed E-state index contributed by atoms with van der Waals surface area (Å²) in [6, 6.07) is 6.26. The number of aromatic nitrogens is 4. The summed E-state index contributed by atoms with van der Waals surface area (Å²) in [7, 11) is 0. The Hall–Kier alpha value is -3.41. The van der Waals surface area contributed by atoms with E-state index < -0.39 is 47.1 Å². The van der Waals surface area contributed by atoms with Gasteiger partial charge < -0.3 is 10.6 Å². The Labute approximate surface area is 190 Å². The second kappa shape index (κ2) is 10.0. The van der Waals surface area contributed by atoms with Crippen molar-refractivity contribution in [2.75, 3.05) is 10.6 Å². The highest BCUT2D eigenvalue weighted by Crippen LogP contribution is 2.36. The molecule has 33 heavy (non-hydrogen) atoms. The molecule has 2 amide bonds. The zero-order chi connectivity index (χ0) is 24.3. The molecule has 0 aliphatic rings. The van der Waals surface area contributed by atoms with Crippen LogP contribution in [0.3, 0.4) is 0 Å². The van der Waals surface area contributed by atoms with E-state index in [1.807, 2.05) is 6.92 Å². The molecule has 1 atom stereocenters. The van der Waals surface area contributed by atoms with E-state index in [1.165, 1.54) is 29.9 Å². The molecule has 0 radical (unpaired) electrons. The van der Waals surface area contributed by atoms with Crippen molar-refractivity contribution in [2.45, 2.75) is 39.3 Å². The van der Waals surface area contributed by atoms with Crippen LogP contribution in [0.2, 0.25) is 5.02 Å². The number of aryl methyl sites for hydroxylation is 1. The van der Waals surface area contributed by atoms with Crippen molar-refractivity contribution in [3.05, 3.63) is 58.6 Å². The van der Waals surface area contributed by atoms with E-state index in [4.69, 9.17) is 11.6 Å². The maximum atomic E-state index is 13.4. The maximum absolute atomic E-state index is 13.4. The number of carbonyl (C=O) groups excluding carboxylic acids is 2. The quantitative estimate of drug-likeness (QED) is 0.434. The first kappa shape index (κ1) is 24.2. The van der Waals surface area contributed by atoms with Gasteiger partial charge in [0.15, 0.2) is 0 Å². The second-order valence-electron chi connectivity index (χ2n) is 6.86. The normalized spacial score (nSPS) is 12.3. The van der Waals surface area contributed by atoms with E-state index in [9.17, 15) is 27.2 Å². The fourth-order valence-electron chi connectivity index (χ4n) is 3.08. The lowest BCUT2D eigenvalue weighted by Gasteiger charge is -2.16. The summed E-state index contributed by atoms with van der Waals surface area (Å²) >= 11 is 5.64. The lowest BCUT2D eigenvalue weighted by molar-refractivity contribution is -0.119. The van der Waals surface area contributed by atoms with E-state index in [1.54, 1.807) is 18.2 Å². The van der Waals surface area contributed by atoms with Crippen LogP contribution in [-0.4, -0.2) is 31.4 Å². The van der Waals surface area contributed by atoms with Crippen molar-refractivity contribution in [2.24, 2.45) is 0 Å². The van der Waals surface area contributed by atoms with E-state index >= 15 is 0 Å². The van der Waals surface area contributed by atoms with Crippen LogP contribution >= 0.6 is 11.6 Å². The van der Waals surface area contributed by atoms with E-state index in [0.717, 1.165) is 0 Å². The minimum absolute atomic E-state index is 0.236. The minimum Gasteiger partial charge on any atom is -0.324 e. The van der Waals surface area contributed by atoms with Crippen LogP contribution in [0.15, 0.2) is 36.5 Å². The van der Waals surface area contributed by atoms with Crippen LogP contribution in [0.1, 0.15) is 54.6 Å². The first-order chi connectivity index (χ1) is 15.6. The van der Waals surface area contributed by atoms with E-state index in [2.05, 4.69) is 20.8 Å². The van der Waals surface area contributed by atoms with Gasteiger partial charge in [-0.25, -0.2) is 22.2 Å². The van der Waals surface area contributed by atoms with Gasteiger partial charge in [0.25, 0.3) is 18.8 Å². The topological polar surface area (TPSA) is 93.8 Å². The molecule has 2 heterocycles. The highest BCUT2D eigenvalue weighted by atomic mass is 35.5. The predicted octanol–water partition coefficient (Wildman–Crippen LogP) is 5.08. The van der Waals surface area contributed by atoms with Crippen LogP contribution < -0.4 is 10.6 Å². The van der Waals surface area contributed by atoms with E-state index in [0.29, 0.717) is 22.6 Å². The number of amides is 2. The van der Waals surface area contributed by atoms with Gasteiger partial charge >= 0.3 is 0 Å². The van der Waals surface area contributed by atoms with Crippen LogP contribution in [0.5, 0.6) is 0 Å². The summed E-state index contributed by atoms with van der Waals surface area (Å²) in [6.07, 6.45) is -4.91. The van der Waals surface area contributed by atoms with E-state index in [-0.39, 0.29) is 5.69 Å². The van der Waals surface area contributed by atoms with Crippen molar-refractivity contribution in [1.29, 1.82) is 0 Å². The zero-order valence-electron chi connectivity index (χ0n) is 17.4. The zero-order valence-corrected chi connectivity index (χ0v) is 18.2. The smallest absolute Gasteiger partial charge is 0.283 e. The summed E-state index contributed by atoms with van der Waals surface area (Å²) in [5, 5.41) is 11.7. The van der Waals surface area contributed by atoms with Crippen molar-refractivity contribution in [1.82, 2.24) is 19.6 Å². The third-order valence-corrected chi connectivity index (χ3v) is 5.10. The number of halogens is 5. The Morgan fingerprint density at radius 2 is 1.76 bits per heavy atom. The van der Waals surface area contributed by atoms with Gasteiger partial charge in [0.05, 0.1) is 5.02 Å². The molecular formula is C20H19ClF4N6O2. The Bertz CT molecular complexity index is 1160. The molecule has 0 aliphatic heterocycles. The molecule has 1 aromatic carbocycles. The fourth-order valence-corrected chi connectivity index (χ4v) is 3.37. The van der Waals surface area contributed by atoms with Gasteiger partial charge in [-0.1, -0.05) is 17.7 Å². The van der Waals surface area contributed by atoms with Gasteiger partial charge in [-0.3, -0.25) is 14.3 Å². The lowest BCUT2D eigenvalue weighted by Crippen LogP contribution is -2.26. The van der Waals surface area contributed by atoms with Gasteiger partial charge in [-0.05, 0) is 38.1 Å². The number of nitrogens with zero attached hydrogens (tertiary/aromatic N) is 4. The lowest BCUT2D eigenvalue weighted by atomic mass is 10.2. The molecule has 0 spiro atoms. The number of benzene rings is 1. The molecule has 0 fully saturated rings. The predicted molar refractivity (Wildman–Crippen MR) is 113 cm³/mol. The second-order valence-corrected chi connectivity index (χ2v) is 7.24. The Kier molecular flexibility index (Phi) is 7.36. The SMILES string of the molecule is CCn1nccc1C(=O)Nc1cccc(NC(=O)C(C)n2nc(C(F)F)c(Cl)c2C(F)F)c1. The highest BCUT2D eigenvalue weighted by molar-refractivity contribution is 6.32. The average Bonchev–Trinajstić information content (AvgIpc) is 3.37. The number of hydrogen-bond acceptors (Lipinski definition) is 4. The molecular weight excluding hydrogens is 468 g/mol. The Balaban J connectivity index is 1.77. The summed E-state index contributed by atoms with van der Waals surface area (Å²) in [5.74, 6) is -1.22. The molecule has 8 nitrogen and oxygen atoms in total. The molecule has 13 heteroatoms. The van der Waals surface area contributed by atoms with Gasteiger partial charge in [0.2, 0.25) is 5.91 Å². The summed E-state index contributed by atoms with van der Waals surface area (Å²) in [6.45, 7) is 3.55. The summed E-state index contributed by atoms with van der Waals surface area (Å²) in [4.78, 5) is 25.1. The van der Waals surface area contributed by atoms with Crippen LogP contribution in [0.25, 0.3) is 0 Å². The molecule has 0 saturated heterocycles. The third-order valence-electron chi connectivity index (χ3n) is 4.71. The summed E-state index contributed by atoms with van der Waals surface area (Å²) < 4.78 is 54.9. The number of hydrogen-bond donors (Lipinski definition) is 2. The monoisotopic (exact) mass is 486 g/mol. The van der Waals surface area contributed by atoms with Crippen molar-refractivity contribution in [3.63, 3.8) is 0 Å². The number of alkyl halides is 4. The number of carbonyl (C=O) groups is 2. The fraction of sp³-hybridized carbons (Fsp3) is 0.300. The summed E-state index contributed by atoms with van der Waals surface area (Å²) in [5.41, 5.74) is -1.07. The van der Waals surface area contributed by atoms with Gasteiger partial charge in [0, 0.05) is 24.1 Å². The largest absolute Gasteiger partial charge is 0.324 e. The van der Waals surface area contributed by atoms with Gasteiger partial charge in [-0.2, -0.15) is 10.2 Å². The Morgan fingerprint density at radius 3 is 2.36 bits per heavy atom. The third kappa shape index (κ3) is 5.16. The Morgan fingerprint density at radius 1 is 1.09 bits per heavy atom. The molecule has 3 rings (SSSR count). The minimum atomic E-state index is -3.22. The highest BCUT2D eigenvalue weighted by Gasteiger charge is 2.31. The number of anilines is 2. The van der Waals surface area contributed by atoms with Crippen molar-refractivity contribution in [3.8, 4) is 0 Å². The van der Waals surface area contributed by atoms with Crippen LogP contribution in [0.4, 0.5) is 28.9 Å². The average molecular weight is 487 g/mol. The van der Waals surface area contributed by atoms with Crippen molar-refractivity contribution >= 4 is 34.8 Å². The van der Waals surface area contributed by atoms with Gasteiger partial charge in [-0.15, -0.1) is 0 Å². The first-order valence-electron chi connectivity index (χ1n) is 9.72. The molecule has 0 bridgehead atoms.